The quantitative estimate of drug-likeness (QED) is 0.494. The largest absolute Gasteiger partial charge is 0.467 e. The molecule has 1 aliphatic carbocycles. The van der Waals surface area contributed by atoms with Crippen molar-refractivity contribution >= 4 is 29.5 Å². The van der Waals surface area contributed by atoms with Crippen LogP contribution in [-0.2, 0) is 20.9 Å². The molecule has 1 saturated carbocycles. The fraction of sp³-hybridized carbons (Fsp3) is 0.350. The molecule has 0 aliphatic heterocycles. The van der Waals surface area contributed by atoms with E-state index in [0.29, 0.717) is 22.8 Å². The molecule has 0 saturated heterocycles. The van der Waals surface area contributed by atoms with Crippen LogP contribution >= 0.6 is 11.8 Å². The van der Waals surface area contributed by atoms with Gasteiger partial charge in [0.1, 0.15) is 5.76 Å². The lowest BCUT2D eigenvalue weighted by Crippen LogP contribution is -2.37. The molecule has 7 nitrogen and oxygen atoms in total. The van der Waals surface area contributed by atoms with Crippen LogP contribution in [-0.4, -0.2) is 35.7 Å². The molecule has 0 unspecified atom stereocenters. The molecular formula is C20H22N2O5S. The number of rotatable bonds is 9. The summed E-state index contributed by atoms with van der Waals surface area (Å²) in [6.07, 6.45) is 2.61. The number of benzene rings is 1. The van der Waals surface area contributed by atoms with Crippen LogP contribution in [0.4, 0.5) is 0 Å². The lowest BCUT2D eigenvalue weighted by Gasteiger charge is -2.14. The highest BCUT2D eigenvalue weighted by Crippen LogP contribution is 2.24. The Morgan fingerprint density at radius 3 is 2.71 bits per heavy atom. The third-order valence-corrected chi connectivity index (χ3v) is 5.16. The molecular weight excluding hydrogens is 380 g/mol. The van der Waals surface area contributed by atoms with Gasteiger partial charge in [-0.1, -0.05) is 12.1 Å². The second-order valence-corrected chi connectivity index (χ2v) is 7.49. The Bertz CT molecular complexity index is 833. The maximum absolute atomic E-state index is 12.5. The van der Waals surface area contributed by atoms with Crippen molar-refractivity contribution in [3.63, 3.8) is 0 Å². The number of hydrogen-bond acceptors (Lipinski definition) is 6. The predicted molar refractivity (Wildman–Crippen MR) is 104 cm³/mol. The Labute approximate surface area is 167 Å². The van der Waals surface area contributed by atoms with Crippen molar-refractivity contribution in [1.82, 2.24) is 10.6 Å². The van der Waals surface area contributed by atoms with Gasteiger partial charge in [-0.3, -0.25) is 9.59 Å². The van der Waals surface area contributed by atoms with E-state index in [1.807, 2.05) is 0 Å². The number of thioether (sulfide) groups is 1. The summed E-state index contributed by atoms with van der Waals surface area (Å²) in [5.41, 5.74) is 0.331. The van der Waals surface area contributed by atoms with Crippen LogP contribution in [0, 0.1) is 0 Å². The van der Waals surface area contributed by atoms with Crippen molar-refractivity contribution in [2.45, 2.75) is 43.4 Å². The van der Waals surface area contributed by atoms with Crippen LogP contribution in [0.25, 0.3) is 0 Å². The summed E-state index contributed by atoms with van der Waals surface area (Å²) in [6.45, 7) is 1.86. The average Bonchev–Trinajstić information content (AvgIpc) is 3.35. The molecule has 1 heterocycles. The third-order valence-electron chi connectivity index (χ3n) is 4.08. The Morgan fingerprint density at radius 2 is 2.00 bits per heavy atom. The van der Waals surface area contributed by atoms with Crippen LogP contribution in [0.5, 0.6) is 0 Å². The Balaban J connectivity index is 1.52. The zero-order valence-corrected chi connectivity index (χ0v) is 16.3. The molecule has 2 amide bonds. The number of hydrogen-bond donors (Lipinski definition) is 2. The number of nitrogens with one attached hydrogen (secondary N) is 2. The van der Waals surface area contributed by atoms with Gasteiger partial charge in [-0.05, 0) is 44.0 Å². The van der Waals surface area contributed by atoms with Gasteiger partial charge < -0.3 is 19.8 Å². The fourth-order valence-electron chi connectivity index (χ4n) is 2.38. The number of furan rings is 1. The second-order valence-electron chi connectivity index (χ2n) is 6.47. The summed E-state index contributed by atoms with van der Waals surface area (Å²) >= 11 is 1.23. The highest BCUT2D eigenvalue weighted by atomic mass is 32.2. The topological polar surface area (TPSA) is 97.6 Å². The summed E-state index contributed by atoms with van der Waals surface area (Å²) in [6, 6.07) is 10.6. The van der Waals surface area contributed by atoms with E-state index in [4.69, 9.17) is 9.15 Å². The highest BCUT2D eigenvalue weighted by molar-refractivity contribution is 8.00. The standard InChI is InChI=1S/C20H22N2O5S/c1-13(19(24)22-14-8-9-14)27-20(25)16-6-2-3-7-17(16)28-12-18(23)21-11-15-5-4-10-26-15/h2-7,10,13-14H,8-9,11-12H2,1H3,(H,21,23)(H,22,24)/t13-/m0/s1. The number of amides is 2. The fourth-order valence-corrected chi connectivity index (χ4v) is 3.25. The van der Waals surface area contributed by atoms with Crippen LogP contribution in [0.2, 0.25) is 0 Å². The minimum absolute atomic E-state index is 0.142. The summed E-state index contributed by atoms with van der Waals surface area (Å²) in [5, 5.41) is 5.56. The Morgan fingerprint density at radius 1 is 1.21 bits per heavy atom. The minimum Gasteiger partial charge on any atom is -0.467 e. The van der Waals surface area contributed by atoms with Crippen molar-refractivity contribution in [2.75, 3.05) is 5.75 Å². The molecule has 1 aromatic carbocycles. The zero-order valence-electron chi connectivity index (χ0n) is 15.5. The first-order valence-corrected chi connectivity index (χ1v) is 10.0. The Kier molecular flexibility index (Phi) is 6.76. The number of carbonyl (C=O) groups excluding carboxylic acids is 3. The van der Waals surface area contributed by atoms with E-state index >= 15 is 0 Å². The molecule has 2 aromatic rings. The maximum atomic E-state index is 12.5. The molecule has 28 heavy (non-hydrogen) atoms. The van der Waals surface area contributed by atoms with Gasteiger partial charge in [0.25, 0.3) is 5.91 Å². The molecule has 1 aromatic heterocycles. The van der Waals surface area contributed by atoms with Crippen molar-refractivity contribution in [1.29, 1.82) is 0 Å². The maximum Gasteiger partial charge on any atom is 0.340 e. The first-order valence-electron chi connectivity index (χ1n) is 9.05. The lowest BCUT2D eigenvalue weighted by atomic mass is 10.2. The van der Waals surface area contributed by atoms with Crippen molar-refractivity contribution in [3.05, 3.63) is 54.0 Å². The zero-order chi connectivity index (χ0) is 19.9. The molecule has 8 heteroatoms. The SMILES string of the molecule is C[C@H](OC(=O)c1ccccc1SCC(=O)NCc1ccco1)C(=O)NC1CC1. The lowest BCUT2D eigenvalue weighted by molar-refractivity contribution is -0.129. The number of esters is 1. The van der Waals surface area contributed by atoms with E-state index in [2.05, 4.69) is 10.6 Å². The minimum atomic E-state index is -0.872. The predicted octanol–water partition coefficient (Wildman–Crippen LogP) is 2.51. The van der Waals surface area contributed by atoms with Crippen molar-refractivity contribution in [2.24, 2.45) is 0 Å². The van der Waals surface area contributed by atoms with E-state index in [0.717, 1.165) is 12.8 Å². The van der Waals surface area contributed by atoms with E-state index in [9.17, 15) is 14.4 Å². The van der Waals surface area contributed by atoms with Gasteiger partial charge in [0, 0.05) is 10.9 Å². The third kappa shape index (κ3) is 5.88. The van der Waals surface area contributed by atoms with Gasteiger partial charge in [-0.2, -0.15) is 0 Å². The van der Waals surface area contributed by atoms with Gasteiger partial charge in [0.15, 0.2) is 6.10 Å². The number of ether oxygens (including phenoxy) is 1. The van der Waals surface area contributed by atoms with Crippen LogP contribution in [0.15, 0.2) is 52.0 Å². The smallest absolute Gasteiger partial charge is 0.340 e. The van der Waals surface area contributed by atoms with E-state index < -0.39 is 12.1 Å². The molecule has 1 atom stereocenters. The molecule has 1 fully saturated rings. The summed E-state index contributed by atoms with van der Waals surface area (Å²) < 4.78 is 10.5. The van der Waals surface area contributed by atoms with Crippen molar-refractivity contribution < 1.29 is 23.5 Å². The van der Waals surface area contributed by atoms with Crippen LogP contribution < -0.4 is 10.6 Å². The summed E-state index contributed by atoms with van der Waals surface area (Å²) in [4.78, 5) is 37.1. The van der Waals surface area contributed by atoms with Gasteiger partial charge >= 0.3 is 5.97 Å². The summed E-state index contributed by atoms with van der Waals surface area (Å²) in [7, 11) is 0. The average molecular weight is 402 g/mol. The summed E-state index contributed by atoms with van der Waals surface area (Å²) in [5.74, 6) is -0.249. The van der Waals surface area contributed by atoms with Gasteiger partial charge in [-0.15, -0.1) is 11.8 Å². The van der Waals surface area contributed by atoms with Gasteiger partial charge in [0.2, 0.25) is 5.91 Å². The monoisotopic (exact) mass is 402 g/mol. The van der Waals surface area contributed by atoms with E-state index in [-0.39, 0.29) is 23.6 Å². The molecule has 3 rings (SSSR count). The first-order chi connectivity index (χ1) is 13.5. The number of carbonyl (C=O) groups is 3. The van der Waals surface area contributed by atoms with Crippen LogP contribution in [0.1, 0.15) is 35.9 Å². The normalized spacial score (nSPS) is 14.2. The highest BCUT2D eigenvalue weighted by Gasteiger charge is 2.27. The Hall–Kier alpha value is -2.74. The molecule has 1 aliphatic rings. The molecule has 2 N–H and O–H groups in total. The molecule has 0 radical (unpaired) electrons. The molecule has 0 bridgehead atoms. The van der Waals surface area contributed by atoms with Gasteiger partial charge in [0.05, 0.1) is 24.1 Å². The van der Waals surface area contributed by atoms with Crippen LogP contribution in [0.3, 0.4) is 0 Å². The van der Waals surface area contributed by atoms with E-state index in [1.165, 1.54) is 11.8 Å². The van der Waals surface area contributed by atoms with Crippen molar-refractivity contribution in [3.8, 4) is 0 Å². The molecule has 148 valence electrons. The van der Waals surface area contributed by atoms with Gasteiger partial charge in [-0.25, -0.2) is 4.79 Å². The second kappa shape index (κ2) is 9.45. The first kappa shape index (κ1) is 20.0. The van der Waals surface area contributed by atoms with E-state index in [1.54, 1.807) is 49.6 Å². The molecule has 0 spiro atoms.